The highest BCUT2D eigenvalue weighted by Gasteiger charge is 2.09. The van der Waals surface area contributed by atoms with Gasteiger partial charge in [0.2, 0.25) is 0 Å². The Morgan fingerprint density at radius 2 is 1.95 bits per heavy atom. The lowest BCUT2D eigenvalue weighted by Gasteiger charge is -2.09. The molecule has 0 radical (unpaired) electrons. The lowest BCUT2D eigenvalue weighted by molar-refractivity contribution is 0.632. The van der Waals surface area contributed by atoms with Crippen molar-refractivity contribution in [1.29, 1.82) is 5.26 Å². The van der Waals surface area contributed by atoms with Crippen LogP contribution in [-0.2, 0) is 0 Å². The number of pyridine rings is 1. The topological polar surface area (TPSA) is 48.7 Å². The molecular weight excluding hydrogens is 289 g/mol. The second-order valence-corrected chi connectivity index (χ2v) is 4.82. The first-order valence-electron chi connectivity index (χ1n) is 6.20. The minimum Gasteiger partial charge on any atom is -0.338 e. The van der Waals surface area contributed by atoms with Crippen LogP contribution in [0.1, 0.15) is 5.56 Å². The normalized spacial score (nSPS) is 10.3. The minimum absolute atomic E-state index is 0.0290. The zero-order chi connectivity index (χ0) is 14.8. The zero-order valence-electron chi connectivity index (χ0n) is 10.8. The fourth-order valence-corrected chi connectivity index (χ4v) is 2.24. The van der Waals surface area contributed by atoms with Crippen molar-refractivity contribution in [1.82, 2.24) is 4.98 Å². The number of hydrogen-bond donors (Lipinski definition) is 1. The lowest BCUT2D eigenvalue weighted by atomic mass is 10.1. The summed E-state index contributed by atoms with van der Waals surface area (Å²) in [6.45, 7) is 0. The molecule has 3 nitrogen and oxygen atoms in total. The smallest absolute Gasteiger partial charge is 0.165 e. The van der Waals surface area contributed by atoms with Gasteiger partial charge in [0, 0.05) is 5.39 Å². The van der Waals surface area contributed by atoms with Gasteiger partial charge in [0.05, 0.1) is 27.9 Å². The van der Waals surface area contributed by atoms with Gasteiger partial charge in [-0.3, -0.25) is 0 Å². The maximum atomic E-state index is 13.9. The molecule has 0 saturated carbocycles. The SMILES string of the molecule is N#Cc1cc(Nc2cccc(Cl)c2F)nc2ccccc12. The van der Waals surface area contributed by atoms with Crippen molar-refractivity contribution in [3.63, 3.8) is 0 Å². The van der Waals surface area contributed by atoms with Crippen molar-refractivity contribution in [2.75, 3.05) is 5.32 Å². The van der Waals surface area contributed by atoms with Crippen molar-refractivity contribution < 1.29 is 4.39 Å². The van der Waals surface area contributed by atoms with Gasteiger partial charge in [0.25, 0.3) is 0 Å². The van der Waals surface area contributed by atoms with Crippen LogP contribution >= 0.6 is 11.6 Å². The summed E-state index contributed by atoms with van der Waals surface area (Å²) in [6, 6.07) is 15.7. The third kappa shape index (κ3) is 2.51. The number of rotatable bonds is 2. The molecular formula is C16H9ClFN3. The first-order valence-corrected chi connectivity index (χ1v) is 6.58. The van der Waals surface area contributed by atoms with Crippen molar-refractivity contribution in [3.05, 3.63) is 64.9 Å². The second-order valence-electron chi connectivity index (χ2n) is 4.41. The van der Waals surface area contributed by atoms with E-state index >= 15 is 0 Å². The Hall–Kier alpha value is -2.64. The number of fused-ring (bicyclic) bond motifs is 1. The Bertz CT molecular complexity index is 871. The van der Waals surface area contributed by atoms with Crippen LogP contribution in [0.3, 0.4) is 0 Å². The minimum atomic E-state index is -0.548. The zero-order valence-corrected chi connectivity index (χ0v) is 11.5. The predicted molar refractivity (Wildman–Crippen MR) is 81.2 cm³/mol. The fourth-order valence-electron chi connectivity index (χ4n) is 2.07. The van der Waals surface area contributed by atoms with Crippen LogP contribution in [0.2, 0.25) is 5.02 Å². The van der Waals surface area contributed by atoms with Gasteiger partial charge >= 0.3 is 0 Å². The third-order valence-corrected chi connectivity index (χ3v) is 3.34. The van der Waals surface area contributed by atoms with Gasteiger partial charge in [0.1, 0.15) is 5.82 Å². The molecule has 0 aliphatic heterocycles. The fraction of sp³-hybridized carbons (Fsp3) is 0. The summed E-state index contributed by atoms with van der Waals surface area (Å²) < 4.78 is 13.9. The van der Waals surface area contributed by atoms with Crippen LogP contribution in [0.4, 0.5) is 15.9 Å². The van der Waals surface area contributed by atoms with Gasteiger partial charge in [-0.05, 0) is 24.3 Å². The summed E-state index contributed by atoms with van der Waals surface area (Å²) >= 11 is 5.75. The Morgan fingerprint density at radius 3 is 2.76 bits per heavy atom. The van der Waals surface area contributed by atoms with Gasteiger partial charge in [-0.2, -0.15) is 5.26 Å². The molecule has 3 aromatic rings. The molecule has 1 heterocycles. The molecule has 0 saturated heterocycles. The molecule has 0 unspecified atom stereocenters. The lowest BCUT2D eigenvalue weighted by Crippen LogP contribution is -1.98. The van der Waals surface area contributed by atoms with Crippen LogP contribution in [0, 0.1) is 17.1 Å². The van der Waals surface area contributed by atoms with Crippen LogP contribution in [0.25, 0.3) is 10.9 Å². The van der Waals surface area contributed by atoms with E-state index in [0.29, 0.717) is 16.9 Å². The highest BCUT2D eigenvalue weighted by molar-refractivity contribution is 6.31. The van der Waals surface area contributed by atoms with Gasteiger partial charge in [-0.1, -0.05) is 35.9 Å². The van der Waals surface area contributed by atoms with Crippen LogP contribution in [0.5, 0.6) is 0 Å². The van der Waals surface area contributed by atoms with E-state index in [1.54, 1.807) is 24.3 Å². The number of nitriles is 1. The van der Waals surface area contributed by atoms with E-state index in [1.165, 1.54) is 6.07 Å². The Kier molecular flexibility index (Phi) is 3.43. The molecule has 5 heteroatoms. The van der Waals surface area contributed by atoms with E-state index in [9.17, 15) is 9.65 Å². The first kappa shape index (κ1) is 13.3. The molecule has 0 spiro atoms. The molecule has 1 N–H and O–H groups in total. The predicted octanol–water partition coefficient (Wildman–Crippen LogP) is 4.64. The number of para-hydroxylation sites is 1. The molecule has 0 aliphatic carbocycles. The standard InChI is InChI=1S/C16H9ClFN3/c17-12-5-3-7-14(16(12)18)21-15-8-10(9-19)11-4-1-2-6-13(11)20-15/h1-8H,(H,20,21). The van der Waals surface area contributed by atoms with Gasteiger partial charge in [-0.25, -0.2) is 9.37 Å². The van der Waals surface area contributed by atoms with Crippen LogP contribution < -0.4 is 5.32 Å². The van der Waals surface area contributed by atoms with Crippen molar-refractivity contribution in [2.24, 2.45) is 0 Å². The van der Waals surface area contributed by atoms with E-state index in [4.69, 9.17) is 11.6 Å². The molecule has 0 fully saturated rings. The summed E-state index contributed by atoms with van der Waals surface area (Å²) in [5.74, 6) is -0.154. The Morgan fingerprint density at radius 1 is 1.14 bits per heavy atom. The molecule has 0 atom stereocenters. The number of nitrogens with one attached hydrogen (secondary N) is 1. The number of anilines is 2. The van der Waals surface area contributed by atoms with E-state index in [2.05, 4.69) is 16.4 Å². The van der Waals surface area contributed by atoms with Crippen LogP contribution in [-0.4, -0.2) is 4.98 Å². The first-order chi connectivity index (χ1) is 10.2. The quantitative estimate of drug-likeness (QED) is 0.749. The van der Waals surface area contributed by atoms with E-state index in [1.807, 2.05) is 18.2 Å². The monoisotopic (exact) mass is 297 g/mol. The summed E-state index contributed by atoms with van der Waals surface area (Å²) in [5, 5.41) is 12.9. The van der Waals surface area contributed by atoms with Gasteiger partial charge in [0.15, 0.2) is 5.82 Å². The molecule has 2 aromatic carbocycles. The summed E-state index contributed by atoms with van der Waals surface area (Å²) in [6.07, 6.45) is 0. The molecule has 102 valence electrons. The third-order valence-electron chi connectivity index (χ3n) is 3.05. The number of hydrogen-bond acceptors (Lipinski definition) is 3. The Labute approximate surface area is 125 Å². The van der Waals surface area contributed by atoms with Crippen molar-refractivity contribution >= 4 is 34.0 Å². The number of nitrogens with zero attached hydrogens (tertiary/aromatic N) is 2. The van der Waals surface area contributed by atoms with Gasteiger partial charge in [-0.15, -0.1) is 0 Å². The summed E-state index contributed by atoms with van der Waals surface area (Å²) in [4.78, 5) is 4.38. The maximum Gasteiger partial charge on any atom is 0.165 e. The highest BCUT2D eigenvalue weighted by Crippen LogP contribution is 2.26. The highest BCUT2D eigenvalue weighted by atomic mass is 35.5. The molecule has 1 aromatic heterocycles. The van der Waals surface area contributed by atoms with E-state index in [0.717, 1.165) is 5.39 Å². The largest absolute Gasteiger partial charge is 0.338 e. The van der Waals surface area contributed by atoms with E-state index in [-0.39, 0.29) is 10.7 Å². The number of halogens is 2. The molecule has 0 aliphatic rings. The summed E-state index contributed by atoms with van der Waals surface area (Å²) in [7, 11) is 0. The van der Waals surface area contributed by atoms with Crippen molar-refractivity contribution in [2.45, 2.75) is 0 Å². The molecule has 0 bridgehead atoms. The average molecular weight is 298 g/mol. The van der Waals surface area contributed by atoms with Crippen molar-refractivity contribution in [3.8, 4) is 6.07 Å². The molecule has 21 heavy (non-hydrogen) atoms. The Balaban J connectivity index is 2.09. The van der Waals surface area contributed by atoms with Crippen LogP contribution in [0.15, 0.2) is 48.5 Å². The molecule has 0 amide bonds. The maximum absolute atomic E-state index is 13.9. The van der Waals surface area contributed by atoms with E-state index < -0.39 is 5.82 Å². The number of aromatic nitrogens is 1. The average Bonchev–Trinajstić information content (AvgIpc) is 2.51. The summed E-state index contributed by atoms with van der Waals surface area (Å²) in [5.41, 5.74) is 1.36. The second kappa shape index (κ2) is 5.39. The molecule has 3 rings (SSSR count). The van der Waals surface area contributed by atoms with Gasteiger partial charge < -0.3 is 5.32 Å². The number of benzene rings is 2.